The van der Waals surface area contributed by atoms with Crippen LogP contribution in [-0.4, -0.2) is 45.8 Å². The van der Waals surface area contributed by atoms with Crippen molar-refractivity contribution in [1.82, 2.24) is 9.38 Å². The molecule has 0 aliphatic carbocycles. The van der Waals surface area contributed by atoms with Crippen molar-refractivity contribution in [2.45, 2.75) is 43.6 Å². The summed E-state index contributed by atoms with van der Waals surface area (Å²) in [6, 6.07) is 8.13. The predicted molar refractivity (Wildman–Crippen MR) is 133 cm³/mol. The van der Waals surface area contributed by atoms with Crippen LogP contribution in [0.4, 0.5) is 16.0 Å². The number of aromatic nitrogens is 2. The van der Waals surface area contributed by atoms with Crippen LogP contribution in [0.3, 0.4) is 0 Å². The van der Waals surface area contributed by atoms with Crippen LogP contribution in [0, 0.1) is 12.7 Å². The van der Waals surface area contributed by atoms with Crippen LogP contribution >= 0.6 is 11.9 Å². The van der Waals surface area contributed by atoms with E-state index in [-0.39, 0.29) is 17.8 Å². The average Bonchev–Trinajstić information content (AvgIpc) is 3.21. The zero-order chi connectivity index (χ0) is 24.3. The van der Waals surface area contributed by atoms with Gasteiger partial charge in [0.05, 0.1) is 24.8 Å². The number of piperidine rings is 1. The Hall–Kier alpha value is -3.04. The van der Waals surface area contributed by atoms with Crippen molar-refractivity contribution in [3.05, 3.63) is 66.1 Å². The van der Waals surface area contributed by atoms with Crippen LogP contribution in [0.25, 0.3) is 5.65 Å². The number of halogens is 1. The van der Waals surface area contributed by atoms with Crippen molar-refractivity contribution in [3.8, 4) is 0 Å². The van der Waals surface area contributed by atoms with Crippen LogP contribution in [0.1, 0.15) is 30.9 Å². The Morgan fingerprint density at radius 3 is 2.71 bits per heavy atom. The number of hydrogen-bond acceptors (Lipinski definition) is 6. The van der Waals surface area contributed by atoms with E-state index in [9.17, 15) is 14.3 Å². The summed E-state index contributed by atoms with van der Waals surface area (Å²) in [5, 5.41) is 9.59. The van der Waals surface area contributed by atoms with Gasteiger partial charge in [-0.15, -0.1) is 6.58 Å². The molecule has 3 aromatic rings. The van der Waals surface area contributed by atoms with Gasteiger partial charge in [0.15, 0.2) is 5.82 Å². The Kier molecular flexibility index (Phi) is 7.13. The SMILES string of the molecule is C=CCOC1(C)CCN(c2c(CC(=O)O)c(C)cc3nc(NSc4ccc(F)cc4)cn23)CC1. The molecule has 4 rings (SSSR count). The van der Waals surface area contributed by atoms with Crippen LogP contribution in [-0.2, 0) is 16.0 Å². The van der Waals surface area contributed by atoms with E-state index in [0.717, 1.165) is 53.4 Å². The Bertz CT molecular complexity index is 1190. The van der Waals surface area contributed by atoms with Gasteiger partial charge in [-0.25, -0.2) is 9.37 Å². The molecule has 1 aliphatic rings. The molecule has 0 bridgehead atoms. The van der Waals surface area contributed by atoms with E-state index in [1.807, 2.05) is 23.6 Å². The largest absolute Gasteiger partial charge is 0.481 e. The molecule has 2 N–H and O–H groups in total. The molecule has 7 nitrogen and oxygen atoms in total. The third-order valence-corrected chi connectivity index (χ3v) is 6.96. The molecular weight excluding hydrogens is 455 g/mol. The number of fused-ring (bicyclic) bond motifs is 1. The van der Waals surface area contributed by atoms with E-state index in [1.165, 1.54) is 24.1 Å². The number of hydrogen-bond donors (Lipinski definition) is 2. The number of rotatable bonds is 9. The first-order valence-electron chi connectivity index (χ1n) is 11.2. The first kappa shape index (κ1) is 24.1. The van der Waals surface area contributed by atoms with Gasteiger partial charge in [0, 0.05) is 23.5 Å². The maximum Gasteiger partial charge on any atom is 0.307 e. The third-order valence-electron chi connectivity index (χ3n) is 6.14. The number of carbonyl (C=O) groups is 1. The molecule has 0 spiro atoms. The molecule has 1 aromatic carbocycles. The predicted octanol–water partition coefficient (Wildman–Crippen LogP) is 5.09. The van der Waals surface area contributed by atoms with Gasteiger partial charge in [-0.05, 0) is 74.5 Å². The second-order valence-corrected chi connectivity index (χ2v) is 9.63. The fraction of sp³-hybridized carbons (Fsp3) is 0.360. The summed E-state index contributed by atoms with van der Waals surface area (Å²) in [7, 11) is 0. The van der Waals surface area contributed by atoms with Crippen LogP contribution in [0.5, 0.6) is 0 Å². The summed E-state index contributed by atoms with van der Waals surface area (Å²) in [5.41, 5.74) is 2.18. The molecule has 9 heteroatoms. The van der Waals surface area contributed by atoms with E-state index in [0.29, 0.717) is 12.4 Å². The van der Waals surface area contributed by atoms with Crippen molar-refractivity contribution < 1.29 is 19.0 Å². The number of ether oxygens (including phenoxy) is 1. The number of anilines is 2. The molecule has 3 heterocycles. The number of nitrogens with one attached hydrogen (secondary N) is 1. The van der Waals surface area contributed by atoms with E-state index in [4.69, 9.17) is 9.72 Å². The summed E-state index contributed by atoms with van der Waals surface area (Å²) in [4.78, 5) is 19.5. The minimum atomic E-state index is -0.870. The minimum Gasteiger partial charge on any atom is -0.481 e. The Labute approximate surface area is 202 Å². The highest BCUT2D eigenvalue weighted by Gasteiger charge is 2.33. The molecule has 34 heavy (non-hydrogen) atoms. The van der Waals surface area contributed by atoms with Crippen molar-refractivity contribution in [2.75, 3.05) is 29.3 Å². The number of imidazole rings is 1. The highest BCUT2D eigenvalue weighted by molar-refractivity contribution is 8.00. The number of nitrogens with zero attached hydrogens (tertiary/aromatic N) is 3. The molecule has 0 saturated carbocycles. The Balaban J connectivity index is 1.64. The summed E-state index contributed by atoms with van der Waals surface area (Å²) in [6.07, 6.45) is 5.22. The first-order valence-corrected chi connectivity index (χ1v) is 12.0. The number of pyridine rings is 1. The lowest BCUT2D eigenvalue weighted by Gasteiger charge is -2.41. The lowest BCUT2D eigenvalue weighted by Crippen LogP contribution is -2.45. The Morgan fingerprint density at radius 2 is 2.06 bits per heavy atom. The molecule has 1 saturated heterocycles. The number of carboxylic acid groups (broad SMARTS) is 1. The molecule has 2 aromatic heterocycles. The Morgan fingerprint density at radius 1 is 1.35 bits per heavy atom. The van der Waals surface area contributed by atoms with Crippen LogP contribution in [0.15, 0.2) is 54.1 Å². The second kappa shape index (κ2) is 10.1. The third kappa shape index (κ3) is 5.37. The monoisotopic (exact) mass is 484 g/mol. The zero-order valence-electron chi connectivity index (χ0n) is 19.4. The summed E-state index contributed by atoms with van der Waals surface area (Å²) < 4.78 is 24.4. The lowest BCUT2D eigenvalue weighted by molar-refractivity contribution is -0.136. The molecular formula is C25H29FN4O3S. The van der Waals surface area contributed by atoms with Crippen molar-refractivity contribution in [2.24, 2.45) is 0 Å². The van der Waals surface area contributed by atoms with E-state index < -0.39 is 5.97 Å². The highest BCUT2D eigenvalue weighted by Crippen LogP contribution is 2.34. The summed E-state index contributed by atoms with van der Waals surface area (Å²) in [6.45, 7) is 9.77. The quantitative estimate of drug-likeness (QED) is 0.324. The van der Waals surface area contributed by atoms with Gasteiger partial charge in [0.2, 0.25) is 0 Å². The van der Waals surface area contributed by atoms with E-state index in [1.54, 1.807) is 18.2 Å². The normalized spacial score (nSPS) is 15.4. The van der Waals surface area contributed by atoms with Gasteiger partial charge >= 0.3 is 5.97 Å². The molecule has 180 valence electrons. The maximum absolute atomic E-state index is 13.2. The van der Waals surface area contributed by atoms with Crippen molar-refractivity contribution in [3.63, 3.8) is 0 Å². The molecule has 0 radical (unpaired) electrons. The smallest absolute Gasteiger partial charge is 0.307 e. The molecule has 0 amide bonds. The lowest BCUT2D eigenvalue weighted by atomic mass is 9.92. The van der Waals surface area contributed by atoms with E-state index in [2.05, 4.69) is 23.1 Å². The van der Waals surface area contributed by atoms with Gasteiger partial charge in [-0.1, -0.05) is 6.08 Å². The van der Waals surface area contributed by atoms with Crippen molar-refractivity contribution >= 4 is 35.2 Å². The topological polar surface area (TPSA) is 79.1 Å². The second-order valence-electron chi connectivity index (χ2n) is 8.75. The standard InChI is InChI=1S/C25H29FN4O3S/c1-4-13-33-25(3)9-11-29(12-10-25)24-20(15-23(31)32)17(2)14-22-27-21(16-30(22)24)28-34-19-7-5-18(26)6-8-19/h4-8,14,16,28H,1,9-13,15H2,2-3H3,(H,31,32). The minimum absolute atomic E-state index is 0.0664. The number of aliphatic carboxylic acids is 1. The van der Waals surface area contributed by atoms with Gasteiger partial charge < -0.3 is 19.5 Å². The van der Waals surface area contributed by atoms with Gasteiger partial charge in [0.25, 0.3) is 0 Å². The number of aryl methyl sites for hydroxylation is 1. The highest BCUT2D eigenvalue weighted by atomic mass is 32.2. The fourth-order valence-corrected chi connectivity index (χ4v) is 4.83. The molecule has 0 unspecified atom stereocenters. The fourth-order valence-electron chi connectivity index (χ4n) is 4.24. The average molecular weight is 485 g/mol. The molecule has 0 atom stereocenters. The zero-order valence-corrected chi connectivity index (χ0v) is 20.2. The van der Waals surface area contributed by atoms with Crippen LogP contribution in [0.2, 0.25) is 0 Å². The summed E-state index contributed by atoms with van der Waals surface area (Å²) >= 11 is 1.34. The molecule has 1 fully saturated rings. The first-order chi connectivity index (χ1) is 16.3. The molecule has 1 aliphatic heterocycles. The summed E-state index contributed by atoms with van der Waals surface area (Å²) in [5.74, 6) is 0.343. The van der Waals surface area contributed by atoms with Crippen LogP contribution < -0.4 is 9.62 Å². The van der Waals surface area contributed by atoms with Gasteiger partial charge in [-0.2, -0.15) is 0 Å². The van der Waals surface area contributed by atoms with E-state index >= 15 is 0 Å². The maximum atomic E-state index is 13.2. The number of benzene rings is 1. The van der Waals surface area contributed by atoms with Gasteiger partial charge in [-0.3, -0.25) is 9.20 Å². The van der Waals surface area contributed by atoms with Crippen molar-refractivity contribution in [1.29, 1.82) is 0 Å². The van der Waals surface area contributed by atoms with Gasteiger partial charge in [0.1, 0.15) is 17.3 Å². The number of carboxylic acids is 1.